The van der Waals surface area contributed by atoms with Crippen LogP contribution in [-0.2, 0) is 11.8 Å². The van der Waals surface area contributed by atoms with Crippen LogP contribution in [0.25, 0.3) is 0 Å². The van der Waals surface area contributed by atoms with Crippen LogP contribution in [0.15, 0.2) is 54.7 Å². The molecule has 1 heterocycles. The Kier molecular flexibility index (Phi) is 3.55. The molecule has 0 aliphatic heterocycles. The molecule has 0 radical (unpaired) electrons. The van der Waals surface area contributed by atoms with Gasteiger partial charge in [0.05, 0.1) is 0 Å². The van der Waals surface area contributed by atoms with Crippen molar-refractivity contribution < 1.29 is 0 Å². The highest BCUT2D eigenvalue weighted by Gasteiger charge is 2.26. The fraction of sp³-hybridized carbons (Fsp3) is 0.267. The SMILES string of the molecule is CC(CN)(Cc1ccccc1)c1ccccn1. The minimum absolute atomic E-state index is 0.0946. The molecule has 0 saturated carbocycles. The third-order valence-electron chi connectivity index (χ3n) is 3.17. The molecule has 2 rings (SSSR count). The first-order valence-corrected chi connectivity index (χ1v) is 5.90. The van der Waals surface area contributed by atoms with Crippen LogP contribution in [0.3, 0.4) is 0 Å². The van der Waals surface area contributed by atoms with E-state index in [0.717, 1.165) is 12.1 Å². The number of nitrogens with zero attached hydrogens (tertiary/aromatic N) is 1. The maximum absolute atomic E-state index is 5.95. The van der Waals surface area contributed by atoms with E-state index in [4.69, 9.17) is 5.73 Å². The molecular weight excluding hydrogens is 208 g/mol. The third kappa shape index (κ3) is 2.71. The van der Waals surface area contributed by atoms with Gasteiger partial charge in [-0.15, -0.1) is 0 Å². The van der Waals surface area contributed by atoms with Crippen molar-refractivity contribution in [2.75, 3.05) is 6.54 Å². The van der Waals surface area contributed by atoms with E-state index in [0.29, 0.717) is 6.54 Å². The second-order valence-electron chi connectivity index (χ2n) is 4.64. The number of nitrogens with two attached hydrogens (primary N) is 1. The summed E-state index contributed by atoms with van der Waals surface area (Å²) in [6.45, 7) is 2.77. The van der Waals surface area contributed by atoms with Gasteiger partial charge >= 0.3 is 0 Å². The van der Waals surface area contributed by atoms with E-state index in [1.807, 2.05) is 24.4 Å². The third-order valence-corrected chi connectivity index (χ3v) is 3.17. The summed E-state index contributed by atoms with van der Waals surface area (Å²) in [5.74, 6) is 0. The van der Waals surface area contributed by atoms with E-state index in [2.05, 4.69) is 42.2 Å². The van der Waals surface area contributed by atoms with Gasteiger partial charge in [0.25, 0.3) is 0 Å². The second-order valence-corrected chi connectivity index (χ2v) is 4.64. The van der Waals surface area contributed by atoms with Gasteiger partial charge < -0.3 is 5.73 Å². The van der Waals surface area contributed by atoms with Crippen molar-refractivity contribution in [3.8, 4) is 0 Å². The van der Waals surface area contributed by atoms with Crippen molar-refractivity contribution in [2.24, 2.45) is 5.73 Å². The van der Waals surface area contributed by atoms with Crippen molar-refractivity contribution in [3.05, 3.63) is 66.0 Å². The molecule has 1 unspecified atom stereocenters. The summed E-state index contributed by atoms with van der Waals surface area (Å²) in [5.41, 5.74) is 8.21. The van der Waals surface area contributed by atoms with Crippen LogP contribution in [0.2, 0.25) is 0 Å². The highest BCUT2D eigenvalue weighted by Crippen LogP contribution is 2.25. The van der Waals surface area contributed by atoms with Crippen molar-refractivity contribution >= 4 is 0 Å². The molecule has 2 heteroatoms. The van der Waals surface area contributed by atoms with Crippen LogP contribution in [0.5, 0.6) is 0 Å². The predicted octanol–water partition coefficient (Wildman–Crippen LogP) is 2.54. The van der Waals surface area contributed by atoms with Crippen molar-refractivity contribution in [2.45, 2.75) is 18.8 Å². The Balaban J connectivity index is 2.27. The molecule has 88 valence electrons. The lowest BCUT2D eigenvalue weighted by Crippen LogP contribution is -2.35. The number of pyridine rings is 1. The van der Waals surface area contributed by atoms with Crippen molar-refractivity contribution in [1.29, 1.82) is 0 Å². The maximum Gasteiger partial charge on any atom is 0.0478 e. The van der Waals surface area contributed by atoms with Gasteiger partial charge in [-0.05, 0) is 24.1 Å². The van der Waals surface area contributed by atoms with Gasteiger partial charge in [0.1, 0.15) is 0 Å². The van der Waals surface area contributed by atoms with Gasteiger partial charge in [-0.3, -0.25) is 4.98 Å². The first-order chi connectivity index (χ1) is 8.24. The predicted molar refractivity (Wildman–Crippen MR) is 70.8 cm³/mol. The molecule has 0 saturated heterocycles. The Morgan fingerprint density at radius 2 is 1.76 bits per heavy atom. The van der Waals surface area contributed by atoms with Crippen LogP contribution in [-0.4, -0.2) is 11.5 Å². The van der Waals surface area contributed by atoms with E-state index < -0.39 is 0 Å². The zero-order valence-corrected chi connectivity index (χ0v) is 10.1. The van der Waals surface area contributed by atoms with E-state index in [-0.39, 0.29) is 5.41 Å². The fourth-order valence-corrected chi connectivity index (χ4v) is 2.03. The topological polar surface area (TPSA) is 38.9 Å². The lowest BCUT2D eigenvalue weighted by Gasteiger charge is -2.27. The van der Waals surface area contributed by atoms with Gasteiger partial charge in [0, 0.05) is 23.9 Å². The summed E-state index contributed by atoms with van der Waals surface area (Å²) < 4.78 is 0. The summed E-state index contributed by atoms with van der Waals surface area (Å²) in [6.07, 6.45) is 2.75. The zero-order chi connectivity index (χ0) is 12.1. The Hall–Kier alpha value is -1.67. The second kappa shape index (κ2) is 5.11. The quantitative estimate of drug-likeness (QED) is 0.870. The van der Waals surface area contributed by atoms with E-state index in [9.17, 15) is 0 Å². The Morgan fingerprint density at radius 1 is 1.06 bits per heavy atom. The monoisotopic (exact) mass is 226 g/mol. The summed E-state index contributed by atoms with van der Waals surface area (Å²) in [6, 6.07) is 16.4. The lowest BCUT2D eigenvalue weighted by molar-refractivity contribution is 0.466. The molecule has 2 nitrogen and oxygen atoms in total. The van der Waals surface area contributed by atoms with Crippen molar-refractivity contribution in [1.82, 2.24) is 4.98 Å². The smallest absolute Gasteiger partial charge is 0.0478 e. The fourth-order valence-electron chi connectivity index (χ4n) is 2.03. The largest absolute Gasteiger partial charge is 0.330 e. The van der Waals surface area contributed by atoms with E-state index in [1.54, 1.807) is 0 Å². The highest BCUT2D eigenvalue weighted by molar-refractivity contribution is 5.24. The number of benzene rings is 1. The Labute approximate surface area is 103 Å². The molecule has 17 heavy (non-hydrogen) atoms. The molecule has 0 aliphatic rings. The molecule has 1 atom stereocenters. The van der Waals surface area contributed by atoms with Crippen LogP contribution < -0.4 is 5.73 Å². The van der Waals surface area contributed by atoms with E-state index >= 15 is 0 Å². The zero-order valence-electron chi connectivity index (χ0n) is 10.1. The number of hydrogen-bond acceptors (Lipinski definition) is 2. The molecule has 0 bridgehead atoms. The minimum Gasteiger partial charge on any atom is -0.330 e. The van der Waals surface area contributed by atoms with Crippen LogP contribution in [0.4, 0.5) is 0 Å². The van der Waals surface area contributed by atoms with Gasteiger partial charge in [-0.2, -0.15) is 0 Å². The van der Waals surface area contributed by atoms with Crippen LogP contribution in [0.1, 0.15) is 18.2 Å². The standard InChI is InChI=1S/C15H18N2/c1-15(12-16,14-9-5-6-10-17-14)11-13-7-3-2-4-8-13/h2-10H,11-12,16H2,1H3. The molecule has 0 fully saturated rings. The summed E-state index contributed by atoms with van der Waals surface area (Å²) in [4.78, 5) is 4.44. The molecular formula is C15H18N2. The number of rotatable bonds is 4. The van der Waals surface area contributed by atoms with Crippen molar-refractivity contribution in [3.63, 3.8) is 0 Å². The molecule has 0 spiro atoms. The Morgan fingerprint density at radius 3 is 2.35 bits per heavy atom. The van der Waals surface area contributed by atoms with Gasteiger partial charge in [-0.1, -0.05) is 43.3 Å². The van der Waals surface area contributed by atoms with E-state index in [1.165, 1.54) is 5.56 Å². The van der Waals surface area contributed by atoms with Crippen LogP contribution >= 0.6 is 0 Å². The Bertz CT molecular complexity index is 453. The molecule has 1 aromatic heterocycles. The molecule has 1 aromatic carbocycles. The first kappa shape index (κ1) is 11.8. The lowest BCUT2D eigenvalue weighted by atomic mass is 9.80. The number of hydrogen-bond donors (Lipinski definition) is 1. The average Bonchev–Trinajstić information content (AvgIpc) is 2.41. The average molecular weight is 226 g/mol. The normalized spacial score (nSPS) is 14.2. The molecule has 2 N–H and O–H groups in total. The summed E-state index contributed by atoms with van der Waals surface area (Å²) in [7, 11) is 0. The maximum atomic E-state index is 5.95. The van der Waals surface area contributed by atoms with Gasteiger partial charge in [0.15, 0.2) is 0 Å². The summed E-state index contributed by atoms with van der Waals surface area (Å²) >= 11 is 0. The first-order valence-electron chi connectivity index (χ1n) is 5.90. The highest BCUT2D eigenvalue weighted by atomic mass is 14.7. The minimum atomic E-state index is -0.0946. The number of aromatic nitrogens is 1. The van der Waals surface area contributed by atoms with Crippen LogP contribution in [0, 0.1) is 0 Å². The molecule has 2 aromatic rings. The summed E-state index contributed by atoms with van der Waals surface area (Å²) in [5, 5.41) is 0. The molecule has 0 aliphatic carbocycles. The van der Waals surface area contributed by atoms with Gasteiger partial charge in [-0.25, -0.2) is 0 Å². The van der Waals surface area contributed by atoms with Gasteiger partial charge in [0.2, 0.25) is 0 Å². The molecule has 0 amide bonds.